The van der Waals surface area contributed by atoms with E-state index in [0.717, 1.165) is 12.0 Å². The predicted octanol–water partition coefficient (Wildman–Crippen LogP) is 3.63. The summed E-state index contributed by atoms with van der Waals surface area (Å²) in [7, 11) is 0. The van der Waals surface area contributed by atoms with Gasteiger partial charge in [-0.3, -0.25) is 0 Å². The van der Waals surface area contributed by atoms with Crippen LogP contribution >= 0.6 is 15.9 Å². The molecule has 14 heavy (non-hydrogen) atoms. The number of halogens is 2. The molecule has 78 valence electrons. The summed E-state index contributed by atoms with van der Waals surface area (Å²) in [5.74, 6) is 0.266. The summed E-state index contributed by atoms with van der Waals surface area (Å²) in [6.07, 6.45) is 0.863. The first-order valence-corrected chi connectivity index (χ1v) is 5.51. The van der Waals surface area contributed by atoms with Crippen LogP contribution in [0.5, 0.6) is 0 Å². The first-order chi connectivity index (χ1) is 6.52. The predicted molar refractivity (Wildman–Crippen MR) is 60.5 cm³/mol. The first kappa shape index (κ1) is 11.7. The smallest absolute Gasteiger partial charge is 0.137 e. The Labute approximate surface area is 92.6 Å². The Morgan fingerprint density at radius 3 is 2.64 bits per heavy atom. The van der Waals surface area contributed by atoms with Gasteiger partial charge in [0.15, 0.2) is 0 Å². The van der Waals surface area contributed by atoms with E-state index in [4.69, 9.17) is 5.73 Å². The van der Waals surface area contributed by atoms with Gasteiger partial charge in [0.25, 0.3) is 0 Å². The van der Waals surface area contributed by atoms with Crippen molar-refractivity contribution in [3.8, 4) is 0 Å². The molecule has 0 aliphatic carbocycles. The zero-order valence-electron chi connectivity index (χ0n) is 8.43. The molecule has 1 aromatic carbocycles. The van der Waals surface area contributed by atoms with Gasteiger partial charge in [-0.1, -0.05) is 26.0 Å². The van der Waals surface area contributed by atoms with Gasteiger partial charge in [-0.15, -0.1) is 0 Å². The molecule has 0 heterocycles. The van der Waals surface area contributed by atoms with Crippen molar-refractivity contribution >= 4 is 15.9 Å². The molecule has 0 fully saturated rings. The summed E-state index contributed by atoms with van der Waals surface area (Å²) >= 11 is 3.22. The van der Waals surface area contributed by atoms with Crippen LogP contribution in [-0.2, 0) is 0 Å². The summed E-state index contributed by atoms with van der Waals surface area (Å²) in [6, 6.07) is 4.88. The molecule has 3 heteroatoms. The molecule has 1 nitrogen and oxygen atoms in total. The van der Waals surface area contributed by atoms with Crippen LogP contribution < -0.4 is 5.73 Å². The lowest BCUT2D eigenvalue weighted by Crippen LogP contribution is -2.13. The van der Waals surface area contributed by atoms with E-state index in [9.17, 15) is 4.39 Å². The highest BCUT2D eigenvalue weighted by molar-refractivity contribution is 9.10. The van der Waals surface area contributed by atoms with Crippen molar-refractivity contribution in [3.63, 3.8) is 0 Å². The Balaban J connectivity index is 2.89. The summed E-state index contributed by atoms with van der Waals surface area (Å²) in [5.41, 5.74) is 6.82. The third-order valence-electron chi connectivity index (χ3n) is 2.11. The van der Waals surface area contributed by atoms with Gasteiger partial charge in [-0.05, 0) is 39.9 Å². The second-order valence-corrected chi connectivity index (χ2v) is 4.67. The number of benzene rings is 1. The van der Waals surface area contributed by atoms with Crippen LogP contribution in [0.1, 0.15) is 31.9 Å². The molecule has 0 radical (unpaired) electrons. The van der Waals surface area contributed by atoms with Gasteiger partial charge < -0.3 is 5.73 Å². The molecule has 1 rings (SSSR count). The minimum atomic E-state index is -0.248. The van der Waals surface area contributed by atoms with Gasteiger partial charge in [0.05, 0.1) is 4.47 Å². The molecule has 0 aliphatic heterocycles. The molecule has 0 amide bonds. The lowest BCUT2D eigenvalue weighted by Gasteiger charge is -2.16. The number of hydrogen-bond donors (Lipinski definition) is 1. The average molecular weight is 260 g/mol. The maximum atomic E-state index is 13.2. The van der Waals surface area contributed by atoms with Crippen molar-refractivity contribution in [1.82, 2.24) is 0 Å². The molecule has 0 saturated carbocycles. The summed E-state index contributed by atoms with van der Waals surface area (Å²) in [5, 5.41) is 0. The van der Waals surface area contributed by atoms with E-state index in [1.807, 2.05) is 6.07 Å². The van der Waals surface area contributed by atoms with Gasteiger partial charge in [0.2, 0.25) is 0 Å². The second kappa shape index (κ2) is 4.89. The summed E-state index contributed by atoms with van der Waals surface area (Å²) in [6.45, 7) is 4.21. The second-order valence-electron chi connectivity index (χ2n) is 3.88. The third-order valence-corrected chi connectivity index (χ3v) is 2.94. The first-order valence-electron chi connectivity index (χ1n) is 4.72. The van der Waals surface area contributed by atoms with Crippen molar-refractivity contribution < 1.29 is 4.39 Å². The minimum Gasteiger partial charge on any atom is -0.324 e. The van der Waals surface area contributed by atoms with Gasteiger partial charge in [-0.25, -0.2) is 4.39 Å². The fourth-order valence-corrected chi connectivity index (χ4v) is 2.00. The highest BCUT2D eigenvalue weighted by Gasteiger charge is 2.13. The topological polar surface area (TPSA) is 26.0 Å². The Kier molecular flexibility index (Phi) is 4.08. The largest absolute Gasteiger partial charge is 0.324 e. The van der Waals surface area contributed by atoms with Crippen molar-refractivity contribution in [3.05, 3.63) is 34.1 Å². The zero-order valence-corrected chi connectivity index (χ0v) is 10.0. The average Bonchev–Trinajstić information content (AvgIpc) is 2.08. The minimum absolute atomic E-state index is 0.0972. The fourth-order valence-electron chi connectivity index (χ4n) is 1.44. The Morgan fingerprint density at radius 1 is 1.43 bits per heavy atom. The van der Waals surface area contributed by atoms with Crippen LogP contribution in [0.15, 0.2) is 22.7 Å². The molecule has 0 spiro atoms. The van der Waals surface area contributed by atoms with Crippen LogP contribution in [-0.4, -0.2) is 0 Å². The van der Waals surface area contributed by atoms with E-state index in [1.165, 1.54) is 6.07 Å². The van der Waals surface area contributed by atoms with Crippen molar-refractivity contribution in [2.24, 2.45) is 11.7 Å². The number of nitrogens with two attached hydrogens (primary N) is 1. The quantitative estimate of drug-likeness (QED) is 0.882. The SMILES string of the molecule is CC(C)C[C@@H](N)c1cccc(F)c1Br. The molecule has 1 aromatic rings. The van der Waals surface area contributed by atoms with E-state index in [0.29, 0.717) is 10.4 Å². The molecule has 0 aliphatic rings. The summed E-state index contributed by atoms with van der Waals surface area (Å²) in [4.78, 5) is 0. The number of rotatable bonds is 3. The van der Waals surface area contributed by atoms with Gasteiger partial charge in [0, 0.05) is 6.04 Å². The Hall–Kier alpha value is -0.410. The normalized spacial score (nSPS) is 13.3. The van der Waals surface area contributed by atoms with E-state index >= 15 is 0 Å². The van der Waals surface area contributed by atoms with E-state index < -0.39 is 0 Å². The molecule has 0 saturated heterocycles. The molecule has 2 N–H and O–H groups in total. The third kappa shape index (κ3) is 2.79. The highest BCUT2D eigenvalue weighted by atomic mass is 79.9. The zero-order chi connectivity index (χ0) is 10.7. The standard InChI is InChI=1S/C11H15BrFN/c1-7(2)6-10(14)8-4-3-5-9(13)11(8)12/h3-5,7,10H,6,14H2,1-2H3/t10-/m1/s1. The fraction of sp³-hybridized carbons (Fsp3) is 0.455. The van der Waals surface area contributed by atoms with Crippen LogP contribution in [0.25, 0.3) is 0 Å². The molecule has 1 atom stereocenters. The molecule has 0 unspecified atom stereocenters. The van der Waals surface area contributed by atoms with Gasteiger partial charge in [0.1, 0.15) is 5.82 Å². The van der Waals surface area contributed by atoms with E-state index in [1.54, 1.807) is 6.07 Å². The van der Waals surface area contributed by atoms with Gasteiger partial charge in [-0.2, -0.15) is 0 Å². The summed E-state index contributed by atoms with van der Waals surface area (Å²) < 4.78 is 13.7. The molecular formula is C11H15BrFN. The highest BCUT2D eigenvalue weighted by Crippen LogP contribution is 2.28. The van der Waals surface area contributed by atoms with Crippen molar-refractivity contribution in [2.45, 2.75) is 26.3 Å². The van der Waals surface area contributed by atoms with Crippen LogP contribution in [0, 0.1) is 11.7 Å². The Bertz CT molecular complexity index is 312. The van der Waals surface area contributed by atoms with Crippen LogP contribution in [0.3, 0.4) is 0 Å². The molecule has 0 bridgehead atoms. The Morgan fingerprint density at radius 2 is 2.07 bits per heavy atom. The number of hydrogen-bond acceptors (Lipinski definition) is 1. The maximum absolute atomic E-state index is 13.2. The van der Waals surface area contributed by atoms with Crippen molar-refractivity contribution in [2.75, 3.05) is 0 Å². The van der Waals surface area contributed by atoms with Gasteiger partial charge >= 0.3 is 0 Å². The van der Waals surface area contributed by atoms with Crippen molar-refractivity contribution in [1.29, 1.82) is 0 Å². The lowest BCUT2D eigenvalue weighted by molar-refractivity contribution is 0.505. The molecule has 0 aromatic heterocycles. The van der Waals surface area contributed by atoms with E-state index in [-0.39, 0.29) is 11.9 Å². The molecular weight excluding hydrogens is 245 g/mol. The van der Waals surface area contributed by atoms with Crippen LogP contribution in [0.4, 0.5) is 4.39 Å². The monoisotopic (exact) mass is 259 g/mol. The maximum Gasteiger partial charge on any atom is 0.137 e. The van der Waals surface area contributed by atoms with E-state index in [2.05, 4.69) is 29.8 Å². The lowest BCUT2D eigenvalue weighted by atomic mass is 9.98. The van der Waals surface area contributed by atoms with Crippen LogP contribution in [0.2, 0.25) is 0 Å².